The Morgan fingerprint density at radius 2 is 2.16 bits per heavy atom. The minimum absolute atomic E-state index is 0.171. The zero-order valence-electron chi connectivity index (χ0n) is 11.7. The Morgan fingerprint density at radius 3 is 2.74 bits per heavy atom. The molecule has 3 nitrogen and oxygen atoms in total. The quantitative estimate of drug-likeness (QED) is 0.907. The van der Waals surface area contributed by atoms with Crippen molar-refractivity contribution >= 4 is 11.6 Å². The lowest BCUT2D eigenvalue weighted by molar-refractivity contribution is 0.597. The molecule has 1 atom stereocenters. The summed E-state index contributed by atoms with van der Waals surface area (Å²) in [5.41, 5.74) is 3.51. The van der Waals surface area contributed by atoms with E-state index in [9.17, 15) is 0 Å². The Kier molecular flexibility index (Phi) is 4.61. The van der Waals surface area contributed by atoms with Crippen LogP contribution >= 0.6 is 11.6 Å². The molecule has 1 N–H and O–H groups in total. The van der Waals surface area contributed by atoms with E-state index in [1.807, 2.05) is 30.9 Å². The summed E-state index contributed by atoms with van der Waals surface area (Å²) in [6.07, 6.45) is 5.07. The average molecular weight is 278 g/mol. The molecule has 1 aromatic heterocycles. The predicted octanol–water partition coefficient (Wildman–Crippen LogP) is 3.47. The van der Waals surface area contributed by atoms with Gasteiger partial charge in [-0.25, -0.2) is 0 Å². The maximum absolute atomic E-state index is 6.10. The molecular formula is C15H20ClN3. The Balaban J connectivity index is 2.33. The number of nitrogens with zero attached hydrogens (tertiary/aromatic N) is 2. The van der Waals surface area contributed by atoms with Crippen molar-refractivity contribution in [2.75, 3.05) is 6.54 Å². The summed E-state index contributed by atoms with van der Waals surface area (Å²) in [5, 5.41) is 8.64. The Bertz CT molecular complexity index is 548. The third-order valence-electron chi connectivity index (χ3n) is 3.17. The summed E-state index contributed by atoms with van der Waals surface area (Å²) in [6.45, 7) is 5.17. The summed E-state index contributed by atoms with van der Waals surface area (Å²) < 4.78 is 1.83. The number of hydrogen-bond acceptors (Lipinski definition) is 2. The van der Waals surface area contributed by atoms with Gasteiger partial charge in [0.25, 0.3) is 0 Å². The van der Waals surface area contributed by atoms with Crippen molar-refractivity contribution in [3.63, 3.8) is 0 Å². The Hall–Kier alpha value is -1.32. The number of aromatic nitrogens is 2. The maximum Gasteiger partial charge on any atom is 0.0608 e. The highest BCUT2D eigenvalue weighted by atomic mass is 35.5. The minimum Gasteiger partial charge on any atom is -0.306 e. The van der Waals surface area contributed by atoms with E-state index in [4.69, 9.17) is 11.6 Å². The molecule has 1 heterocycles. The molecule has 0 saturated carbocycles. The van der Waals surface area contributed by atoms with Gasteiger partial charge in [-0.05, 0) is 37.1 Å². The van der Waals surface area contributed by atoms with Crippen molar-refractivity contribution in [2.24, 2.45) is 7.05 Å². The van der Waals surface area contributed by atoms with Crippen LogP contribution in [0.4, 0.5) is 0 Å². The molecule has 0 radical (unpaired) electrons. The van der Waals surface area contributed by atoms with E-state index in [1.54, 1.807) is 0 Å². The van der Waals surface area contributed by atoms with Crippen LogP contribution in [0.5, 0.6) is 0 Å². The van der Waals surface area contributed by atoms with Gasteiger partial charge in [0.2, 0.25) is 0 Å². The predicted molar refractivity (Wildman–Crippen MR) is 79.5 cm³/mol. The summed E-state index contributed by atoms with van der Waals surface area (Å²) in [6, 6.07) is 6.35. The molecule has 0 bridgehead atoms. The molecule has 0 aliphatic rings. The Labute approximate surface area is 119 Å². The fourth-order valence-corrected chi connectivity index (χ4v) is 2.27. The van der Waals surface area contributed by atoms with Gasteiger partial charge in [0.05, 0.1) is 12.2 Å². The second-order valence-corrected chi connectivity index (χ2v) is 5.25. The molecule has 0 aliphatic heterocycles. The van der Waals surface area contributed by atoms with Crippen LogP contribution in [0.1, 0.15) is 36.1 Å². The highest BCUT2D eigenvalue weighted by molar-refractivity contribution is 6.31. The van der Waals surface area contributed by atoms with E-state index in [-0.39, 0.29) is 6.04 Å². The topological polar surface area (TPSA) is 29.9 Å². The summed E-state index contributed by atoms with van der Waals surface area (Å²) in [7, 11) is 1.94. The van der Waals surface area contributed by atoms with Gasteiger partial charge < -0.3 is 5.32 Å². The molecule has 1 aromatic carbocycles. The van der Waals surface area contributed by atoms with Gasteiger partial charge in [-0.3, -0.25) is 4.68 Å². The first-order valence-electron chi connectivity index (χ1n) is 6.59. The number of rotatable bonds is 5. The van der Waals surface area contributed by atoms with Gasteiger partial charge in [-0.15, -0.1) is 0 Å². The second-order valence-electron chi connectivity index (χ2n) is 4.84. The lowest BCUT2D eigenvalue weighted by atomic mass is 9.99. The first-order chi connectivity index (χ1) is 9.11. The van der Waals surface area contributed by atoms with Crippen molar-refractivity contribution in [3.05, 3.63) is 52.3 Å². The van der Waals surface area contributed by atoms with Crippen LogP contribution in [0.2, 0.25) is 5.02 Å². The number of halogens is 1. The van der Waals surface area contributed by atoms with E-state index in [2.05, 4.69) is 35.7 Å². The number of hydrogen-bond donors (Lipinski definition) is 1. The van der Waals surface area contributed by atoms with E-state index < -0.39 is 0 Å². The van der Waals surface area contributed by atoms with Crippen molar-refractivity contribution in [1.29, 1.82) is 0 Å². The summed E-state index contributed by atoms with van der Waals surface area (Å²) >= 11 is 6.10. The molecule has 4 heteroatoms. The van der Waals surface area contributed by atoms with Crippen molar-refractivity contribution < 1.29 is 0 Å². The molecule has 0 amide bonds. The van der Waals surface area contributed by atoms with E-state index in [0.717, 1.165) is 23.6 Å². The van der Waals surface area contributed by atoms with Gasteiger partial charge in [0.15, 0.2) is 0 Å². The van der Waals surface area contributed by atoms with Crippen LogP contribution in [0.3, 0.4) is 0 Å². The van der Waals surface area contributed by atoms with Crippen LogP contribution in [-0.4, -0.2) is 16.3 Å². The van der Waals surface area contributed by atoms with Crippen molar-refractivity contribution in [2.45, 2.75) is 26.3 Å². The van der Waals surface area contributed by atoms with Gasteiger partial charge in [0, 0.05) is 23.8 Å². The van der Waals surface area contributed by atoms with Crippen molar-refractivity contribution in [1.82, 2.24) is 15.1 Å². The van der Waals surface area contributed by atoms with E-state index in [1.165, 1.54) is 11.1 Å². The monoisotopic (exact) mass is 277 g/mol. The Morgan fingerprint density at radius 1 is 1.37 bits per heavy atom. The molecule has 0 spiro atoms. The maximum atomic E-state index is 6.10. The minimum atomic E-state index is 0.171. The molecule has 102 valence electrons. The number of aryl methyl sites for hydroxylation is 2. The zero-order chi connectivity index (χ0) is 13.8. The smallest absolute Gasteiger partial charge is 0.0608 e. The molecule has 1 unspecified atom stereocenters. The summed E-state index contributed by atoms with van der Waals surface area (Å²) in [4.78, 5) is 0. The van der Waals surface area contributed by atoms with E-state index in [0.29, 0.717) is 0 Å². The van der Waals surface area contributed by atoms with Gasteiger partial charge in [0.1, 0.15) is 0 Å². The van der Waals surface area contributed by atoms with Crippen molar-refractivity contribution in [3.8, 4) is 0 Å². The third-order valence-corrected chi connectivity index (χ3v) is 3.60. The van der Waals surface area contributed by atoms with Crippen LogP contribution in [-0.2, 0) is 7.05 Å². The second kappa shape index (κ2) is 6.22. The van der Waals surface area contributed by atoms with Crippen LogP contribution in [0.25, 0.3) is 0 Å². The highest BCUT2D eigenvalue weighted by Crippen LogP contribution is 2.25. The molecule has 0 fully saturated rings. The van der Waals surface area contributed by atoms with Crippen LogP contribution < -0.4 is 5.32 Å². The van der Waals surface area contributed by atoms with Gasteiger partial charge >= 0.3 is 0 Å². The number of nitrogens with one attached hydrogen (secondary N) is 1. The lowest BCUT2D eigenvalue weighted by Crippen LogP contribution is -2.23. The van der Waals surface area contributed by atoms with Crippen LogP contribution in [0.15, 0.2) is 30.6 Å². The average Bonchev–Trinajstić information content (AvgIpc) is 2.80. The zero-order valence-corrected chi connectivity index (χ0v) is 12.4. The first-order valence-corrected chi connectivity index (χ1v) is 6.97. The standard InChI is InChI=1S/C15H20ClN3/c1-4-7-17-15(13-9-18-19(3)10-13)12-5-6-14(16)11(2)8-12/h5-6,8-10,15,17H,4,7H2,1-3H3. The lowest BCUT2D eigenvalue weighted by Gasteiger charge is -2.18. The largest absolute Gasteiger partial charge is 0.306 e. The molecule has 2 rings (SSSR count). The normalized spacial score (nSPS) is 12.6. The molecule has 0 aliphatic carbocycles. The molecule has 19 heavy (non-hydrogen) atoms. The molecule has 2 aromatic rings. The first kappa shape index (κ1) is 14.1. The molecule has 0 saturated heterocycles. The fourth-order valence-electron chi connectivity index (χ4n) is 2.15. The summed E-state index contributed by atoms with van der Waals surface area (Å²) in [5.74, 6) is 0. The van der Waals surface area contributed by atoms with Gasteiger partial charge in [-0.2, -0.15) is 5.10 Å². The van der Waals surface area contributed by atoms with Gasteiger partial charge in [-0.1, -0.05) is 30.7 Å². The van der Waals surface area contributed by atoms with Crippen LogP contribution in [0, 0.1) is 6.92 Å². The SMILES string of the molecule is CCCNC(c1ccc(Cl)c(C)c1)c1cnn(C)c1. The highest BCUT2D eigenvalue weighted by Gasteiger charge is 2.15. The number of benzene rings is 1. The third kappa shape index (κ3) is 3.37. The fraction of sp³-hybridized carbons (Fsp3) is 0.400. The molecular weight excluding hydrogens is 258 g/mol. The van der Waals surface area contributed by atoms with E-state index >= 15 is 0 Å².